The van der Waals surface area contributed by atoms with E-state index in [2.05, 4.69) is 5.32 Å². The van der Waals surface area contributed by atoms with Crippen LogP contribution in [-0.2, 0) is 4.74 Å². The third-order valence-electron chi connectivity index (χ3n) is 4.76. The molecule has 1 unspecified atom stereocenters. The molecule has 6 nitrogen and oxygen atoms in total. The van der Waals surface area contributed by atoms with Crippen LogP contribution in [0, 0.1) is 0 Å². The van der Waals surface area contributed by atoms with Crippen LogP contribution in [0.3, 0.4) is 0 Å². The number of hydrogen-bond acceptors (Lipinski definition) is 5. The lowest BCUT2D eigenvalue weighted by Crippen LogP contribution is -2.21. The number of rotatable bonds is 7. The van der Waals surface area contributed by atoms with Gasteiger partial charge >= 0.3 is 5.97 Å². The summed E-state index contributed by atoms with van der Waals surface area (Å²) in [6.07, 6.45) is 0.245. The zero-order valence-electron chi connectivity index (χ0n) is 16.9. The van der Waals surface area contributed by atoms with Crippen molar-refractivity contribution >= 4 is 23.3 Å². The highest BCUT2D eigenvalue weighted by atomic mass is 16.5. The number of furan rings is 1. The van der Waals surface area contributed by atoms with Crippen molar-refractivity contribution in [3.8, 4) is 0 Å². The molecule has 0 spiro atoms. The molecule has 0 fully saturated rings. The summed E-state index contributed by atoms with van der Waals surface area (Å²) in [6.45, 7) is 0. The fourth-order valence-corrected chi connectivity index (χ4v) is 3.19. The zero-order chi connectivity index (χ0) is 22.3. The Morgan fingerprint density at radius 2 is 1.41 bits per heavy atom. The molecule has 32 heavy (non-hydrogen) atoms. The second-order valence-corrected chi connectivity index (χ2v) is 6.90. The molecule has 0 bridgehead atoms. The number of ether oxygens (including phenoxy) is 1. The highest BCUT2D eigenvalue weighted by molar-refractivity contribution is 6.07. The largest absolute Gasteiger partial charge is 0.459 e. The van der Waals surface area contributed by atoms with Gasteiger partial charge in [0.2, 0.25) is 5.78 Å². The molecule has 4 rings (SSSR count). The third-order valence-corrected chi connectivity index (χ3v) is 4.76. The van der Waals surface area contributed by atoms with Gasteiger partial charge in [0, 0.05) is 11.1 Å². The van der Waals surface area contributed by atoms with Gasteiger partial charge in [-0.2, -0.15) is 0 Å². The van der Waals surface area contributed by atoms with Crippen LogP contribution in [0.25, 0.3) is 0 Å². The van der Waals surface area contributed by atoms with Gasteiger partial charge in [-0.15, -0.1) is 0 Å². The predicted octanol–water partition coefficient (Wildman–Crippen LogP) is 5.31. The molecule has 3 aromatic carbocycles. The average molecular weight is 425 g/mol. The van der Waals surface area contributed by atoms with Crippen molar-refractivity contribution in [3.63, 3.8) is 0 Å². The van der Waals surface area contributed by atoms with Crippen LogP contribution in [0.1, 0.15) is 42.9 Å². The molecule has 1 heterocycles. The summed E-state index contributed by atoms with van der Waals surface area (Å²) in [6, 6.07) is 27.0. The molecule has 6 heteroatoms. The van der Waals surface area contributed by atoms with Gasteiger partial charge in [0.1, 0.15) is 0 Å². The highest BCUT2D eigenvalue weighted by Gasteiger charge is 2.28. The second-order valence-electron chi connectivity index (χ2n) is 6.90. The minimum absolute atomic E-state index is 0.106. The predicted molar refractivity (Wildman–Crippen MR) is 118 cm³/mol. The van der Waals surface area contributed by atoms with Crippen molar-refractivity contribution in [2.24, 2.45) is 0 Å². The van der Waals surface area contributed by atoms with E-state index in [1.54, 1.807) is 78.9 Å². The second kappa shape index (κ2) is 9.57. The lowest BCUT2D eigenvalue weighted by molar-refractivity contribution is 0.0281. The first-order chi connectivity index (χ1) is 15.6. The standard InChI is InChI=1S/C26H19NO5/c28-23(18-10-3-1-4-11-18)24(19-12-5-2-6-13-19)32-26(30)20-14-7-8-15-21(20)27-25(29)22-16-9-17-31-22/h1-17,24H,(H,27,29). The van der Waals surface area contributed by atoms with Crippen molar-refractivity contribution < 1.29 is 23.5 Å². The van der Waals surface area contributed by atoms with E-state index in [0.717, 1.165) is 0 Å². The Bertz CT molecular complexity index is 1220. The number of Topliss-reactive ketones (excluding diaryl/α,β-unsaturated/α-hetero) is 1. The number of hydrogen-bond donors (Lipinski definition) is 1. The summed E-state index contributed by atoms with van der Waals surface area (Å²) in [5.41, 5.74) is 1.34. The minimum atomic E-state index is -1.14. The van der Waals surface area contributed by atoms with Crippen LogP contribution in [0.2, 0.25) is 0 Å². The monoisotopic (exact) mass is 425 g/mol. The van der Waals surface area contributed by atoms with E-state index in [9.17, 15) is 14.4 Å². The van der Waals surface area contributed by atoms with E-state index >= 15 is 0 Å². The summed E-state index contributed by atoms with van der Waals surface area (Å²) in [5.74, 6) is -1.48. The molecule has 0 saturated heterocycles. The quantitative estimate of drug-likeness (QED) is 0.320. The summed E-state index contributed by atoms with van der Waals surface area (Å²) < 4.78 is 10.8. The van der Waals surface area contributed by atoms with Crippen LogP contribution in [0.5, 0.6) is 0 Å². The van der Waals surface area contributed by atoms with Gasteiger partial charge in [-0.3, -0.25) is 9.59 Å². The number of carbonyl (C=O) groups excluding carboxylic acids is 3. The summed E-state index contributed by atoms with van der Waals surface area (Å²) >= 11 is 0. The molecule has 4 aromatic rings. The van der Waals surface area contributed by atoms with Crippen LogP contribution in [0.15, 0.2) is 108 Å². The van der Waals surface area contributed by atoms with Crippen LogP contribution < -0.4 is 5.32 Å². The molecule has 1 N–H and O–H groups in total. The SMILES string of the molecule is O=C(Nc1ccccc1C(=O)OC(C(=O)c1ccccc1)c1ccccc1)c1ccco1. The number of carbonyl (C=O) groups is 3. The molecule has 0 aliphatic carbocycles. The van der Waals surface area contributed by atoms with Gasteiger partial charge < -0.3 is 14.5 Å². The van der Waals surface area contributed by atoms with Gasteiger partial charge in [0.05, 0.1) is 17.5 Å². The Kier molecular flexibility index (Phi) is 6.22. The first-order valence-electron chi connectivity index (χ1n) is 9.92. The number of amides is 1. The lowest BCUT2D eigenvalue weighted by atomic mass is 9.99. The van der Waals surface area contributed by atoms with E-state index in [1.165, 1.54) is 18.4 Å². The molecule has 0 saturated carbocycles. The topological polar surface area (TPSA) is 85.6 Å². The first-order valence-corrected chi connectivity index (χ1v) is 9.92. The van der Waals surface area contributed by atoms with Gasteiger partial charge in [0.25, 0.3) is 5.91 Å². The summed E-state index contributed by atoms with van der Waals surface area (Å²) in [4.78, 5) is 38.7. The maximum atomic E-state index is 13.2. The Balaban J connectivity index is 1.62. The molecule has 0 radical (unpaired) electrons. The van der Waals surface area contributed by atoms with E-state index in [1.807, 2.05) is 6.07 Å². The van der Waals surface area contributed by atoms with Gasteiger partial charge in [-0.05, 0) is 24.3 Å². The fourth-order valence-electron chi connectivity index (χ4n) is 3.19. The summed E-state index contributed by atoms with van der Waals surface area (Å²) in [5, 5.41) is 2.65. The van der Waals surface area contributed by atoms with E-state index in [4.69, 9.17) is 9.15 Å². The number of anilines is 1. The van der Waals surface area contributed by atoms with Crippen molar-refractivity contribution in [2.45, 2.75) is 6.10 Å². The van der Waals surface area contributed by atoms with E-state index in [0.29, 0.717) is 11.1 Å². The van der Waals surface area contributed by atoms with Gasteiger partial charge in [0.15, 0.2) is 11.9 Å². The maximum Gasteiger partial charge on any atom is 0.341 e. The Hall–Kier alpha value is -4.45. The molecule has 1 amide bonds. The Labute approximate surface area is 184 Å². The van der Waals surface area contributed by atoms with Crippen LogP contribution >= 0.6 is 0 Å². The van der Waals surface area contributed by atoms with Crippen molar-refractivity contribution in [2.75, 3.05) is 5.32 Å². The number of ketones is 1. The normalized spacial score (nSPS) is 11.4. The number of benzene rings is 3. The van der Waals surface area contributed by atoms with Gasteiger partial charge in [-0.1, -0.05) is 72.8 Å². The maximum absolute atomic E-state index is 13.2. The number of para-hydroxylation sites is 1. The van der Waals surface area contributed by atoms with Crippen LogP contribution in [-0.4, -0.2) is 17.7 Å². The minimum Gasteiger partial charge on any atom is -0.459 e. The average Bonchev–Trinajstić information content (AvgIpc) is 3.39. The fraction of sp³-hybridized carbons (Fsp3) is 0.0385. The van der Waals surface area contributed by atoms with Crippen molar-refractivity contribution in [3.05, 3.63) is 126 Å². The smallest absolute Gasteiger partial charge is 0.341 e. The van der Waals surface area contributed by atoms with Crippen molar-refractivity contribution in [1.82, 2.24) is 0 Å². The van der Waals surface area contributed by atoms with E-state index < -0.39 is 18.0 Å². The van der Waals surface area contributed by atoms with Crippen LogP contribution in [0.4, 0.5) is 5.69 Å². The highest BCUT2D eigenvalue weighted by Crippen LogP contribution is 2.26. The summed E-state index contributed by atoms with van der Waals surface area (Å²) in [7, 11) is 0. The van der Waals surface area contributed by atoms with Crippen molar-refractivity contribution in [1.29, 1.82) is 0 Å². The Morgan fingerprint density at radius 3 is 2.09 bits per heavy atom. The van der Waals surface area contributed by atoms with Gasteiger partial charge in [-0.25, -0.2) is 4.79 Å². The number of nitrogens with one attached hydrogen (secondary N) is 1. The number of esters is 1. The third kappa shape index (κ3) is 4.65. The Morgan fingerprint density at radius 1 is 0.750 bits per heavy atom. The molecule has 158 valence electrons. The zero-order valence-corrected chi connectivity index (χ0v) is 16.9. The lowest BCUT2D eigenvalue weighted by Gasteiger charge is -2.18. The first kappa shape index (κ1) is 20.8. The molecular weight excluding hydrogens is 406 g/mol. The molecule has 0 aliphatic rings. The molecular formula is C26H19NO5. The molecule has 1 atom stereocenters. The molecule has 1 aromatic heterocycles. The van der Waals surface area contributed by atoms with E-state index in [-0.39, 0.29) is 22.8 Å². The molecule has 0 aliphatic heterocycles.